The average molecular weight is 1270 g/mol. The lowest BCUT2D eigenvalue weighted by Crippen LogP contribution is -2.53. The average Bonchev–Trinajstić information content (AvgIpc) is 1.19. The first kappa shape index (κ1) is 74.1. The van der Waals surface area contributed by atoms with Crippen LogP contribution in [-0.4, -0.2) is 289 Å². The molecule has 2 aliphatic rings. The first-order valence-electron chi connectivity index (χ1n) is 30.2. The molecule has 33 heteroatoms. The number of anilines is 4. The Morgan fingerprint density at radius 2 is 1.09 bits per heavy atom. The molecule has 0 aliphatic carbocycles. The van der Waals surface area contributed by atoms with Gasteiger partial charge in [0.15, 0.2) is 0 Å². The Morgan fingerprint density at radius 1 is 0.544 bits per heavy atom. The zero-order valence-corrected chi connectivity index (χ0v) is 50.7. The first-order valence-corrected chi connectivity index (χ1v) is 30.2. The Morgan fingerprint density at radius 3 is 1.64 bits per heavy atom. The fourth-order valence-electron chi connectivity index (χ4n) is 10.4. The van der Waals surface area contributed by atoms with E-state index in [1.807, 2.05) is 4.90 Å². The maximum atomic E-state index is 12.4. The van der Waals surface area contributed by atoms with Gasteiger partial charge in [0.25, 0.3) is 0 Å². The fourth-order valence-corrected chi connectivity index (χ4v) is 10.4. The summed E-state index contributed by atoms with van der Waals surface area (Å²) in [6, 6.07) is 3.11. The quantitative estimate of drug-likeness (QED) is 0.0312. The third-order valence-corrected chi connectivity index (χ3v) is 15.1. The second-order valence-electron chi connectivity index (χ2n) is 22.4. The number of rotatable bonds is 41. The molecule has 1 aromatic carbocycles. The summed E-state index contributed by atoms with van der Waals surface area (Å²) in [5.41, 5.74) is 1.18. The molecule has 1 aromatic heterocycles. The van der Waals surface area contributed by atoms with Crippen LogP contribution in [-0.2, 0) is 54.4 Å². The van der Waals surface area contributed by atoms with Crippen LogP contribution in [0.1, 0.15) is 95.5 Å². The molecule has 1 unspecified atom stereocenters. The Labute approximate surface area is 520 Å². The van der Waals surface area contributed by atoms with Gasteiger partial charge in [-0.3, -0.25) is 62.9 Å². The number of nitrogens with one attached hydrogen (secondary N) is 4. The smallest absolute Gasteiger partial charge is 0.326 e. The summed E-state index contributed by atoms with van der Waals surface area (Å²) < 4.78 is 0. The Bertz CT molecular complexity index is 2650. The van der Waals surface area contributed by atoms with Crippen molar-refractivity contribution in [2.45, 2.75) is 114 Å². The highest BCUT2D eigenvalue weighted by molar-refractivity contribution is 5.84. The lowest BCUT2D eigenvalue weighted by Gasteiger charge is -2.37. The molecule has 0 saturated carbocycles. The van der Waals surface area contributed by atoms with Gasteiger partial charge in [0, 0.05) is 103 Å². The molecule has 0 radical (unpaired) electrons. The number of aliphatic carboxylic acids is 8. The van der Waals surface area contributed by atoms with E-state index in [1.165, 1.54) is 0 Å². The Kier molecular flexibility index (Phi) is 33.1. The zero-order chi connectivity index (χ0) is 66.0. The number of carbonyl (C=O) groups excluding carboxylic acids is 3. The molecule has 33 nitrogen and oxygen atoms in total. The van der Waals surface area contributed by atoms with Crippen molar-refractivity contribution in [3.63, 3.8) is 0 Å². The van der Waals surface area contributed by atoms with E-state index in [4.69, 9.17) is 5.11 Å². The summed E-state index contributed by atoms with van der Waals surface area (Å²) in [6.45, 7) is 1.45. The number of piperazine rings is 1. The molecule has 4 rings (SSSR count). The topological polar surface area (TPSA) is 459 Å². The van der Waals surface area contributed by atoms with Crippen LogP contribution >= 0.6 is 0 Å². The van der Waals surface area contributed by atoms with Crippen molar-refractivity contribution in [3.05, 3.63) is 29.8 Å². The molecule has 12 N–H and O–H groups in total. The molecule has 0 spiro atoms. The van der Waals surface area contributed by atoms with Gasteiger partial charge in [-0.25, -0.2) is 9.59 Å². The maximum Gasteiger partial charge on any atom is 0.326 e. The molecule has 2 fully saturated rings. The van der Waals surface area contributed by atoms with Gasteiger partial charge in [-0.15, -0.1) is 0 Å². The van der Waals surface area contributed by atoms with Gasteiger partial charge >= 0.3 is 53.8 Å². The van der Waals surface area contributed by atoms with E-state index in [2.05, 4.69) is 41.1 Å². The number of carboxylic acids is 8. The van der Waals surface area contributed by atoms with E-state index in [0.29, 0.717) is 69.5 Å². The van der Waals surface area contributed by atoms with Gasteiger partial charge < -0.3 is 76.7 Å². The molecule has 3 heterocycles. The van der Waals surface area contributed by atoms with Gasteiger partial charge in [0.2, 0.25) is 23.8 Å². The van der Waals surface area contributed by atoms with Crippen LogP contribution in [0.25, 0.3) is 0 Å². The van der Waals surface area contributed by atoms with E-state index in [1.54, 1.807) is 43.9 Å². The number of aldehydes is 1. The predicted octanol–water partition coefficient (Wildman–Crippen LogP) is 0.166. The third kappa shape index (κ3) is 30.7. The van der Waals surface area contributed by atoms with Crippen LogP contribution in [0.5, 0.6) is 0 Å². The van der Waals surface area contributed by atoms with Gasteiger partial charge in [-0.05, 0) is 69.2 Å². The first-order chi connectivity index (χ1) is 42.9. The number of nitrogens with zero attached hydrogens (tertiary/aromatic N) is 10. The molecule has 500 valence electrons. The highest BCUT2D eigenvalue weighted by Gasteiger charge is 2.29. The van der Waals surface area contributed by atoms with Crippen molar-refractivity contribution in [3.8, 4) is 0 Å². The monoisotopic (exact) mass is 1270 g/mol. The second kappa shape index (κ2) is 40.3. The molecule has 0 bridgehead atoms. The van der Waals surface area contributed by atoms with Gasteiger partial charge in [-0.2, -0.15) is 15.0 Å². The number of hydrogen-bond acceptors (Lipinski definition) is 22. The van der Waals surface area contributed by atoms with Crippen LogP contribution in [0.4, 0.5) is 28.3 Å². The lowest BCUT2D eigenvalue weighted by atomic mass is 10.0. The van der Waals surface area contributed by atoms with Crippen molar-refractivity contribution >= 4 is 89.5 Å². The minimum atomic E-state index is -1.31. The van der Waals surface area contributed by atoms with E-state index in [9.17, 15) is 88.5 Å². The number of hydrogen-bond donors (Lipinski definition) is 12. The van der Waals surface area contributed by atoms with Gasteiger partial charge in [0.05, 0.1) is 32.2 Å². The van der Waals surface area contributed by atoms with E-state index >= 15 is 0 Å². The molecular formula is C57H88N14O19. The summed E-state index contributed by atoms with van der Waals surface area (Å²) in [7, 11) is 0. The van der Waals surface area contributed by atoms with E-state index in [-0.39, 0.29) is 108 Å². The van der Waals surface area contributed by atoms with Crippen LogP contribution in [0.3, 0.4) is 0 Å². The fraction of sp³-hybridized carbons (Fsp3) is 0.649. The van der Waals surface area contributed by atoms with Crippen molar-refractivity contribution < 1.29 is 93.6 Å². The number of unbranched alkanes of at least 4 members (excludes halogenated alkanes) is 8. The lowest BCUT2D eigenvalue weighted by molar-refractivity contribution is -0.142. The molecule has 3 amide bonds. The second-order valence-corrected chi connectivity index (χ2v) is 22.4. The normalized spacial score (nSPS) is 16.5. The SMILES string of the molecule is O=C[C@H](CCC(=O)O)NC(=O)N[C@@H](CCCCNC(=O)CCCCCCCCCCN1CCN(c2nc(Nc3ccc(CC4CN(CC(=O)O)CCN(CC(=O)O)CCN(CC(=O)O)CCN4CC(=O)O)cc3)nc(N(CC(=O)O)CC(=O)O)n2)CC1)C(=O)O. The Balaban J connectivity index is 1.27. The van der Waals surface area contributed by atoms with Crippen LogP contribution < -0.4 is 31.1 Å². The molecule has 2 saturated heterocycles. The Hall–Kier alpha value is -8.40. The highest BCUT2D eigenvalue weighted by Crippen LogP contribution is 2.23. The number of amides is 3. The summed E-state index contributed by atoms with van der Waals surface area (Å²) in [4.78, 5) is 155. The summed E-state index contributed by atoms with van der Waals surface area (Å²) in [5.74, 6) is -9.62. The number of carboxylic acid groups (broad SMARTS) is 8. The van der Waals surface area contributed by atoms with Crippen molar-refractivity contribution in [2.75, 3.05) is 139 Å². The highest BCUT2D eigenvalue weighted by atomic mass is 16.4. The van der Waals surface area contributed by atoms with E-state index < -0.39 is 98.1 Å². The van der Waals surface area contributed by atoms with Crippen LogP contribution in [0.15, 0.2) is 24.3 Å². The summed E-state index contributed by atoms with van der Waals surface area (Å²) >= 11 is 0. The van der Waals surface area contributed by atoms with Gasteiger partial charge in [-0.1, -0.05) is 50.7 Å². The molecule has 2 aromatic rings. The number of carbonyl (C=O) groups is 11. The number of benzene rings is 1. The van der Waals surface area contributed by atoms with E-state index in [0.717, 1.165) is 62.8 Å². The van der Waals surface area contributed by atoms with Crippen molar-refractivity contribution in [1.82, 2.24) is 55.4 Å². The maximum absolute atomic E-state index is 12.4. The number of aromatic nitrogens is 3. The van der Waals surface area contributed by atoms with Crippen molar-refractivity contribution in [2.24, 2.45) is 0 Å². The largest absolute Gasteiger partial charge is 0.481 e. The summed E-state index contributed by atoms with van der Waals surface area (Å²) in [5, 5.41) is 87.4. The zero-order valence-electron chi connectivity index (χ0n) is 50.7. The summed E-state index contributed by atoms with van der Waals surface area (Å²) in [6.07, 6.45) is 9.24. The molecule has 3 atom stereocenters. The third-order valence-electron chi connectivity index (χ3n) is 15.1. The minimum absolute atomic E-state index is 0.00235. The molecule has 2 aliphatic heterocycles. The standard InChI is InChI=1S/C57H88N14O19/c72-39-42(17-18-46(74)75)60-57(90)61-44(53(88)89)11-8-9-19-58-45(73)12-7-5-3-1-2-4-6-10-20-65-25-28-69(29-26-65)55-62-54(63-56(64-55)71(37-51(84)85)38-52(86)87)59-41-15-13-40(14-16-41)31-43-32-68(35-49(80)81)24-23-66(33-47(76)77)21-22-67(34-48(78)79)27-30-70(43)36-50(82)83/h13-16,39,42-44H,1-12,17-38H2,(H,58,73)(H,74,75)(H,76,77)(H,78,79)(H,80,81)(H,82,83)(H,84,85)(H,86,87)(H,88,89)(H2,60,61,90)(H,59,62,63,64)/t42-,43?,44-/m0/s1. The van der Waals surface area contributed by atoms with Crippen LogP contribution in [0, 0.1) is 0 Å². The van der Waals surface area contributed by atoms with Gasteiger partial charge in [0.1, 0.15) is 25.4 Å². The van der Waals surface area contributed by atoms with Crippen molar-refractivity contribution in [1.29, 1.82) is 0 Å². The predicted molar refractivity (Wildman–Crippen MR) is 323 cm³/mol. The minimum Gasteiger partial charge on any atom is -0.481 e. The molecule has 90 heavy (non-hydrogen) atoms. The molecular weight excluding hydrogens is 1180 g/mol. The number of urea groups is 1. The van der Waals surface area contributed by atoms with Crippen LogP contribution in [0.2, 0.25) is 0 Å².